The first kappa shape index (κ1) is 13.2. The number of nitrogens with two attached hydrogens (primary N) is 1. The van der Waals surface area contributed by atoms with E-state index in [0.29, 0.717) is 23.7 Å². The third-order valence-electron chi connectivity index (χ3n) is 2.15. The Balaban J connectivity index is 2.53. The van der Waals surface area contributed by atoms with Crippen molar-refractivity contribution >= 4 is 11.6 Å². The zero-order chi connectivity index (χ0) is 12.7. The van der Waals surface area contributed by atoms with Crippen LogP contribution in [0.1, 0.15) is 13.3 Å². The lowest BCUT2D eigenvalue weighted by atomic mass is 10.3. The Labute approximate surface area is 101 Å². The smallest absolute Gasteiger partial charge is 0.257 e. The number of rotatable bonds is 6. The third kappa shape index (κ3) is 4.22. The van der Waals surface area contributed by atoms with E-state index >= 15 is 0 Å². The van der Waals surface area contributed by atoms with Gasteiger partial charge in [-0.15, -0.1) is 0 Å². The van der Waals surface area contributed by atoms with Crippen LogP contribution in [0.2, 0.25) is 0 Å². The fraction of sp³-hybridized carbons (Fsp3) is 0.417. The third-order valence-corrected chi connectivity index (χ3v) is 2.15. The largest absolute Gasteiger partial charge is 0.497 e. The maximum Gasteiger partial charge on any atom is 0.257 e. The van der Waals surface area contributed by atoms with Crippen molar-refractivity contribution in [3.63, 3.8) is 0 Å². The van der Waals surface area contributed by atoms with Gasteiger partial charge < -0.3 is 20.5 Å². The second-order valence-electron chi connectivity index (χ2n) is 3.54. The molecular formula is C12H18N2O3. The van der Waals surface area contributed by atoms with Gasteiger partial charge in [-0.05, 0) is 18.6 Å². The minimum absolute atomic E-state index is 0.0443. The Morgan fingerprint density at radius 1 is 1.47 bits per heavy atom. The molecule has 0 spiro atoms. The van der Waals surface area contributed by atoms with Gasteiger partial charge in [0, 0.05) is 12.6 Å². The zero-order valence-corrected chi connectivity index (χ0v) is 10.2. The summed E-state index contributed by atoms with van der Waals surface area (Å²) < 4.78 is 10.4. The molecule has 5 nitrogen and oxygen atoms in total. The van der Waals surface area contributed by atoms with Crippen LogP contribution in [-0.2, 0) is 4.79 Å². The highest BCUT2D eigenvalue weighted by atomic mass is 16.5. The number of amides is 1. The van der Waals surface area contributed by atoms with Crippen molar-refractivity contribution in [3.8, 4) is 11.5 Å². The summed E-state index contributed by atoms with van der Waals surface area (Å²) in [5.41, 5.74) is 6.20. The van der Waals surface area contributed by atoms with Crippen molar-refractivity contribution in [2.75, 3.05) is 26.0 Å². The van der Waals surface area contributed by atoms with Gasteiger partial charge in [-0.1, -0.05) is 6.92 Å². The summed E-state index contributed by atoms with van der Waals surface area (Å²) in [6, 6.07) is 5.07. The molecule has 5 heteroatoms. The SMILES string of the molecule is CCCNC(=O)COc1cc(OC)ccc1N. The highest BCUT2D eigenvalue weighted by molar-refractivity contribution is 5.77. The fourth-order valence-corrected chi connectivity index (χ4v) is 1.23. The lowest BCUT2D eigenvalue weighted by molar-refractivity contribution is -0.123. The van der Waals surface area contributed by atoms with E-state index < -0.39 is 0 Å². The molecule has 0 saturated heterocycles. The second kappa shape index (κ2) is 6.62. The van der Waals surface area contributed by atoms with Crippen LogP contribution in [0.15, 0.2) is 18.2 Å². The molecule has 0 aliphatic heterocycles. The lowest BCUT2D eigenvalue weighted by Crippen LogP contribution is -2.29. The summed E-state index contributed by atoms with van der Waals surface area (Å²) in [6.45, 7) is 2.59. The fourth-order valence-electron chi connectivity index (χ4n) is 1.23. The second-order valence-corrected chi connectivity index (χ2v) is 3.54. The van der Waals surface area contributed by atoms with E-state index in [2.05, 4.69) is 5.32 Å². The number of hydrogen-bond acceptors (Lipinski definition) is 4. The Kier molecular flexibility index (Phi) is 5.13. The number of nitrogens with one attached hydrogen (secondary N) is 1. The normalized spacial score (nSPS) is 9.76. The van der Waals surface area contributed by atoms with Crippen LogP contribution in [0.3, 0.4) is 0 Å². The van der Waals surface area contributed by atoms with Gasteiger partial charge in [0.2, 0.25) is 0 Å². The summed E-state index contributed by atoms with van der Waals surface area (Å²) in [4.78, 5) is 11.3. The molecule has 0 heterocycles. The molecule has 1 amide bonds. The van der Waals surface area contributed by atoms with Gasteiger partial charge in [0.05, 0.1) is 12.8 Å². The van der Waals surface area contributed by atoms with Crippen LogP contribution in [0.5, 0.6) is 11.5 Å². The zero-order valence-electron chi connectivity index (χ0n) is 10.2. The molecule has 0 aromatic heterocycles. The summed E-state index contributed by atoms with van der Waals surface area (Å²) in [6.07, 6.45) is 0.896. The van der Waals surface area contributed by atoms with Crippen molar-refractivity contribution in [3.05, 3.63) is 18.2 Å². The summed E-state index contributed by atoms with van der Waals surface area (Å²) in [5, 5.41) is 2.71. The Morgan fingerprint density at radius 2 is 2.24 bits per heavy atom. The van der Waals surface area contributed by atoms with Crippen LogP contribution in [0, 0.1) is 0 Å². The Morgan fingerprint density at radius 3 is 2.88 bits per heavy atom. The molecule has 0 saturated carbocycles. The monoisotopic (exact) mass is 238 g/mol. The van der Waals surface area contributed by atoms with Crippen molar-refractivity contribution in [1.82, 2.24) is 5.32 Å². The van der Waals surface area contributed by atoms with Crippen LogP contribution in [0.25, 0.3) is 0 Å². The summed E-state index contributed by atoms with van der Waals surface area (Å²) in [7, 11) is 1.56. The van der Waals surface area contributed by atoms with Crippen molar-refractivity contribution in [2.24, 2.45) is 0 Å². The molecule has 0 bridgehead atoms. The molecule has 3 N–H and O–H groups in total. The predicted molar refractivity (Wildman–Crippen MR) is 66.2 cm³/mol. The summed E-state index contributed by atoms with van der Waals surface area (Å²) >= 11 is 0. The van der Waals surface area contributed by atoms with Gasteiger partial charge in [0.25, 0.3) is 5.91 Å². The van der Waals surface area contributed by atoms with Gasteiger partial charge >= 0.3 is 0 Å². The summed E-state index contributed by atoms with van der Waals surface area (Å²) in [5.74, 6) is 0.938. The standard InChI is InChI=1S/C12H18N2O3/c1-3-6-14-12(15)8-17-11-7-9(16-2)4-5-10(11)13/h4-5,7H,3,6,8,13H2,1-2H3,(H,14,15). The van der Waals surface area contributed by atoms with Crippen LogP contribution in [-0.4, -0.2) is 26.2 Å². The average Bonchev–Trinajstić information content (AvgIpc) is 2.35. The number of nitrogen functional groups attached to an aromatic ring is 1. The predicted octanol–water partition coefficient (Wildman–Crippen LogP) is 1.18. The molecule has 0 fully saturated rings. The molecule has 17 heavy (non-hydrogen) atoms. The molecule has 0 aliphatic rings. The van der Waals surface area contributed by atoms with E-state index in [1.807, 2.05) is 6.92 Å². The van der Waals surface area contributed by atoms with Crippen molar-refractivity contribution in [1.29, 1.82) is 0 Å². The minimum atomic E-state index is -0.158. The van der Waals surface area contributed by atoms with Crippen LogP contribution in [0.4, 0.5) is 5.69 Å². The quantitative estimate of drug-likeness (QED) is 0.730. The minimum Gasteiger partial charge on any atom is -0.497 e. The van der Waals surface area contributed by atoms with Gasteiger partial charge in [0.15, 0.2) is 6.61 Å². The lowest BCUT2D eigenvalue weighted by Gasteiger charge is -2.10. The van der Waals surface area contributed by atoms with Gasteiger partial charge in [0.1, 0.15) is 11.5 Å². The van der Waals surface area contributed by atoms with E-state index in [1.54, 1.807) is 25.3 Å². The first-order chi connectivity index (χ1) is 8.17. The maximum atomic E-state index is 11.3. The molecule has 1 aromatic carbocycles. The molecule has 0 radical (unpaired) electrons. The van der Waals surface area contributed by atoms with Gasteiger partial charge in [-0.2, -0.15) is 0 Å². The molecule has 0 aliphatic carbocycles. The number of benzene rings is 1. The van der Waals surface area contributed by atoms with E-state index in [0.717, 1.165) is 6.42 Å². The number of hydrogen-bond donors (Lipinski definition) is 2. The highest BCUT2D eigenvalue weighted by Gasteiger charge is 2.06. The molecule has 0 atom stereocenters. The topological polar surface area (TPSA) is 73.6 Å². The first-order valence-corrected chi connectivity index (χ1v) is 5.50. The molecular weight excluding hydrogens is 220 g/mol. The van der Waals surface area contributed by atoms with E-state index in [1.165, 1.54) is 0 Å². The molecule has 1 rings (SSSR count). The number of carbonyl (C=O) groups excluding carboxylic acids is 1. The Bertz CT molecular complexity index is 380. The number of anilines is 1. The van der Waals surface area contributed by atoms with E-state index in [-0.39, 0.29) is 12.5 Å². The van der Waals surface area contributed by atoms with Gasteiger partial charge in [-0.25, -0.2) is 0 Å². The van der Waals surface area contributed by atoms with Crippen LogP contribution >= 0.6 is 0 Å². The number of carbonyl (C=O) groups is 1. The maximum absolute atomic E-state index is 11.3. The molecule has 0 unspecified atom stereocenters. The first-order valence-electron chi connectivity index (χ1n) is 5.50. The average molecular weight is 238 g/mol. The Hall–Kier alpha value is -1.91. The van der Waals surface area contributed by atoms with E-state index in [4.69, 9.17) is 15.2 Å². The van der Waals surface area contributed by atoms with Crippen LogP contribution < -0.4 is 20.5 Å². The van der Waals surface area contributed by atoms with E-state index in [9.17, 15) is 4.79 Å². The molecule has 94 valence electrons. The number of ether oxygens (including phenoxy) is 2. The van der Waals surface area contributed by atoms with Gasteiger partial charge in [-0.3, -0.25) is 4.79 Å². The molecule has 1 aromatic rings. The van der Waals surface area contributed by atoms with Crippen molar-refractivity contribution < 1.29 is 14.3 Å². The van der Waals surface area contributed by atoms with Crippen molar-refractivity contribution in [2.45, 2.75) is 13.3 Å². The number of methoxy groups -OCH3 is 1. The highest BCUT2D eigenvalue weighted by Crippen LogP contribution is 2.26.